The zero-order chi connectivity index (χ0) is 15.9. The van der Waals surface area contributed by atoms with Gasteiger partial charge in [0.05, 0.1) is 18.7 Å². The third-order valence-corrected chi connectivity index (χ3v) is 4.46. The zero-order valence-electron chi connectivity index (χ0n) is 13.3. The molecule has 6 heteroatoms. The van der Waals surface area contributed by atoms with Crippen molar-refractivity contribution in [2.24, 2.45) is 0 Å². The molecule has 0 spiro atoms. The number of rotatable bonds is 6. The summed E-state index contributed by atoms with van der Waals surface area (Å²) in [6, 6.07) is 5.96. The first-order chi connectivity index (χ1) is 11.4. The summed E-state index contributed by atoms with van der Waals surface area (Å²) in [5, 5.41) is 2.06. The molecular weight excluding hydrogens is 310 g/mol. The van der Waals surface area contributed by atoms with Gasteiger partial charge >= 0.3 is 0 Å². The molecule has 1 aromatic heterocycles. The highest BCUT2D eigenvalue weighted by atomic mass is 32.2. The van der Waals surface area contributed by atoms with Gasteiger partial charge in [0.15, 0.2) is 0 Å². The molecule has 0 radical (unpaired) electrons. The molecule has 0 unspecified atom stereocenters. The molecule has 1 aliphatic heterocycles. The van der Waals surface area contributed by atoms with Crippen LogP contribution in [-0.2, 0) is 4.74 Å². The van der Waals surface area contributed by atoms with Crippen molar-refractivity contribution in [1.29, 1.82) is 0 Å². The Kier molecular flexibility index (Phi) is 5.85. The van der Waals surface area contributed by atoms with Gasteiger partial charge in [0, 0.05) is 31.1 Å². The van der Waals surface area contributed by atoms with Crippen molar-refractivity contribution in [2.45, 2.75) is 5.03 Å². The van der Waals surface area contributed by atoms with Gasteiger partial charge in [0.25, 0.3) is 0 Å². The van der Waals surface area contributed by atoms with Gasteiger partial charge in [-0.1, -0.05) is 12.2 Å². The average Bonchev–Trinajstić information content (AvgIpc) is 2.61. The van der Waals surface area contributed by atoms with Gasteiger partial charge in [-0.05, 0) is 18.4 Å². The molecule has 0 aliphatic carbocycles. The SMILES string of the molecule is CSc1ncnc2cc(OCC=CCN3CCOCC3)ccc12. The maximum absolute atomic E-state index is 5.78. The second-order valence-corrected chi connectivity index (χ2v) is 6.05. The monoisotopic (exact) mass is 331 g/mol. The predicted octanol–water partition coefficient (Wildman–Crippen LogP) is 2.62. The maximum atomic E-state index is 5.78. The minimum Gasteiger partial charge on any atom is -0.489 e. The lowest BCUT2D eigenvalue weighted by atomic mass is 10.2. The molecule has 1 fully saturated rings. The fraction of sp³-hybridized carbons (Fsp3) is 0.412. The fourth-order valence-corrected chi connectivity index (χ4v) is 3.03. The average molecular weight is 331 g/mol. The van der Waals surface area contributed by atoms with Crippen molar-refractivity contribution >= 4 is 22.7 Å². The Morgan fingerprint density at radius 3 is 2.96 bits per heavy atom. The molecular formula is C17H21N3O2S. The summed E-state index contributed by atoms with van der Waals surface area (Å²) >= 11 is 1.63. The second kappa shape index (κ2) is 8.29. The molecule has 2 aromatic rings. The van der Waals surface area contributed by atoms with Crippen LogP contribution in [-0.4, -0.2) is 60.6 Å². The lowest BCUT2D eigenvalue weighted by Crippen LogP contribution is -2.36. The van der Waals surface area contributed by atoms with Gasteiger partial charge in [-0.15, -0.1) is 11.8 Å². The summed E-state index contributed by atoms with van der Waals surface area (Å²) in [6.45, 7) is 5.20. The van der Waals surface area contributed by atoms with Gasteiger partial charge in [-0.2, -0.15) is 0 Å². The number of hydrogen-bond acceptors (Lipinski definition) is 6. The highest BCUT2D eigenvalue weighted by Crippen LogP contribution is 2.25. The van der Waals surface area contributed by atoms with E-state index in [4.69, 9.17) is 9.47 Å². The largest absolute Gasteiger partial charge is 0.489 e. The zero-order valence-corrected chi connectivity index (χ0v) is 14.1. The van der Waals surface area contributed by atoms with Crippen LogP contribution >= 0.6 is 11.8 Å². The van der Waals surface area contributed by atoms with Crippen LogP contribution in [0.15, 0.2) is 41.7 Å². The normalized spacial score (nSPS) is 16.2. The third-order valence-electron chi connectivity index (χ3n) is 3.74. The van der Waals surface area contributed by atoms with Crippen molar-refractivity contribution in [1.82, 2.24) is 14.9 Å². The van der Waals surface area contributed by atoms with Crippen molar-refractivity contribution in [3.8, 4) is 5.75 Å². The van der Waals surface area contributed by atoms with E-state index in [-0.39, 0.29) is 0 Å². The van der Waals surface area contributed by atoms with E-state index in [2.05, 4.69) is 27.0 Å². The van der Waals surface area contributed by atoms with Crippen LogP contribution < -0.4 is 4.74 Å². The number of hydrogen-bond donors (Lipinski definition) is 0. The first kappa shape index (κ1) is 16.2. The van der Waals surface area contributed by atoms with Crippen molar-refractivity contribution in [3.05, 3.63) is 36.7 Å². The lowest BCUT2D eigenvalue weighted by Gasteiger charge is -2.25. The van der Waals surface area contributed by atoms with E-state index in [9.17, 15) is 0 Å². The molecule has 0 saturated carbocycles. The number of nitrogens with zero attached hydrogens (tertiary/aromatic N) is 3. The van der Waals surface area contributed by atoms with Crippen molar-refractivity contribution in [2.75, 3.05) is 45.7 Å². The minimum atomic E-state index is 0.566. The number of fused-ring (bicyclic) bond motifs is 1. The van der Waals surface area contributed by atoms with Crippen LogP contribution in [0.4, 0.5) is 0 Å². The molecule has 0 atom stereocenters. The molecule has 3 rings (SSSR count). The van der Waals surface area contributed by atoms with Crippen LogP contribution in [0.25, 0.3) is 10.9 Å². The van der Waals surface area contributed by atoms with Crippen LogP contribution in [0.5, 0.6) is 5.75 Å². The summed E-state index contributed by atoms with van der Waals surface area (Å²) in [7, 11) is 0. The number of ether oxygens (including phenoxy) is 2. The van der Waals surface area contributed by atoms with Gasteiger partial charge < -0.3 is 9.47 Å². The molecule has 2 heterocycles. The molecule has 5 nitrogen and oxygen atoms in total. The van der Waals surface area contributed by atoms with Crippen LogP contribution in [0.2, 0.25) is 0 Å². The molecule has 122 valence electrons. The molecule has 0 amide bonds. The Bertz CT molecular complexity index is 672. The van der Waals surface area contributed by atoms with E-state index in [1.54, 1.807) is 18.1 Å². The predicted molar refractivity (Wildman–Crippen MR) is 93.2 cm³/mol. The van der Waals surface area contributed by atoms with Gasteiger partial charge in [-0.25, -0.2) is 9.97 Å². The topological polar surface area (TPSA) is 47.5 Å². The van der Waals surface area contributed by atoms with Crippen LogP contribution in [0, 0.1) is 0 Å². The maximum Gasteiger partial charge on any atom is 0.121 e. The Morgan fingerprint density at radius 2 is 2.13 bits per heavy atom. The first-order valence-corrected chi connectivity index (χ1v) is 8.96. The number of aromatic nitrogens is 2. The number of thioether (sulfide) groups is 1. The van der Waals surface area contributed by atoms with E-state index < -0.39 is 0 Å². The van der Waals surface area contributed by atoms with Crippen LogP contribution in [0.1, 0.15) is 0 Å². The van der Waals surface area contributed by atoms with Gasteiger partial charge in [0.1, 0.15) is 23.7 Å². The molecule has 1 aromatic carbocycles. The summed E-state index contributed by atoms with van der Waals surface area (Å²) in [6.07, 6.45) is 7.83. The summed E-state index contributed by atoms with van der Waals surface area (Å²) < 4.78 is 11.1. The highest BCUT2D eigenvalue weighted by molar-refractivity contribution is 7.98. The number of benzene rings is 1. The fourth-order valence-electron chi connectivity index (χ4n) is 2.48. The highest BCUT2D eigenvalue weighted by Gasteiger charge is 2.07. The first-order valence-electron chi connectivity index (χ1n) is 7.73. The van der Waals surface area contributed by atoms with E-state index in [1.165, 1.54) is 0 Å². The Hall–Kier alpha value is -1.63. The third kappa shape index (κ3) is 4.43. The standard InChI is InChI=1S/C17H21N3O2S/c1-23-17-15-5-4-14(12-16(15)18-13-19-17)22-9-3-2-6-20-7-10-21-11-8-20/h2-5,12-13H,6-11H2,1H3. The van der Waals surface area contributed by atoms with Crippen molar-refractivity contribution in [3.63, 3.8) is 0 Å². The Balaban J connectivity index is 1.53. The molecule has 0 bridgehead atoms. The summed E-state index contributed by atoms with van der Waals surface area (Å²) in [5.74, 6) is 0.833. The van der Waals surface area contributed by atoms with Gasteiger partial charge in [-0.3, -0.25) is 4.90 Å². The Morgan fingerprint density at radius 1 is 1.26 bits per heavy atom. The van der Waals surface area contributed by atoms with Crippen LogP contribution in [0.3, 0.4) is 0 Å². The minimum absolute atomic E-state index is 0.566. The number of morpholine rings is 1. The van der Waals surface area contributed by atoms with Gasteiger partial charge in [0.2, 0.25) is 0 Å². The smallest absolute Gasteiger partial charge is 0.121 e. The summed E-state index contributed by atoms with van der Waals surface area (Å²) in [4.78, 5) is 11.0. The van der Waals surface area contributed by atoms with E-state index in [0.29, 0.717) is 6.61 Å². The molecule has 1 aliphatic rings. The molecule has 23 heavy (non-hydrogen) atoms. The second-order valence-electron chi connectivity index (χ2n) is 5.26. The Labute approximate surface area is 140 Å². The van der Waals surface area contributed by atoms with E-state index >= 15 is 0 Å². The summed E-state index contributed by atoms with van der Waals surface area (Å²) in [5.41, 5.74) is 0.916. The quantitative estimate of drug-likeness (QED) is 0.461. The van der Waals surface area contributed by atoms with E-state index in [1.807, 2.05) is 24.5 Å². The molecule has 0 N–H and O–H groups in total. The van der Waals surface area contributed by atoms with E-state index in [0.717, 1.165) is 54.5 Å². The molecule has 1 saturated heterocycles. The lowest BCUT2D eigenvalue weighted by molar-refractivity contribution is 0.0434. The van der Waals surface area contributed by atoms with Crippen molar-refractivity contribution < 1.29 is 9.47 Å².